The first-order chi connectivity index (χ1) is 11.5. The third kappa shape index (κ3) is 3.62. The Balaban J connectivity index is 2.49. The second-order valence-electron chi connectivity index (χ2n) is 6.88. The number of nitrogens with zero attached hydrogens (tertiary/aromatic N) is 1. The van der Waals surface area contributed by atoms with E-state index in [9.17, 15) is 18.6 Å². The molecule has 0 aromatic heterocycles. The molecule has 0 aromatic rings. The molecule has 2 aliphatic rings. The van der Waals surface area contributed by atoms with E-state index in [0.29, 0.717) is 5.57 Å². The summed E-state index contributed by atoms with van der Waals surface area (Å²) in [5, 5.41) is -1.34. The largest absolute Gasteiger partial charge is 0.461 e. The van der Waals surface area contributed by atoms with Crippen molar-refractivity contribution in [1.82, 2.24) is 4.90 Å². The monoisotopic (exact) mass is 373 g/mol. The van der Waals surface area contributed by atoms with Gasteiger partial charge in [0.1, 0.15) is 23.3 Å². The summed E-state index contributed by atoms with van der Waals surface area (Å²) < 4.78 is 28.2. The average molecular weight is 373 g/mol. The molecule has 140 valence electrons. The molecule has 0 N–H and O–H groups in total. The number of fused-ring (bicyclic) bond motifs is 1. The Morgan fingerprint density at radius 2 is 1.88 bits per heavy atom. The Morgan fingerprint density at radius 3 is 2.36 bits per heavy atom. The number of β-lactam (4-membered cyclic amide) rings is 1. The molecule has 9 heteroatoms. The molecule has 0 aliphatic carbocycles. The first kappa shape index (κ1) is 19.6. The molecule has 0 spiro atoms. The quantitative estimate of drug-likeness (QED) is 0.522. The highest BCUT2D eigenvalue weighted by Gasteiger charge is 2.59. The molecule has 25 heavy (non-hydrogen) atoms. The van der Waals surface area contributed by atoms with Gasteiger partial charge < -0.3 is 14.2 Å². The Bertz CT molecular complexity index is 664. The third-order valence-electron chi connectivity index (χ3n) is 3.89. The Labute approximate surface area is 148 Å². The van der Waals surface area contributed by atoms with Gasteiger partial charge >= 0.3 is 11.9 Å². The minimum atomic E-state index is -1.51. The van der Waals surface area contributed by atoms with Gasteiger partial charge in [0.15, 0.2) is 6.10 Å². The number of hydrogen-bond donors (Lipinski definition) is 0. The summed E-state index contributed by atoms with van der Waals surface area (Å²) in [7, 11) is -0.151. The maximum Gasteiger partial charge on any atom is 0.355 e. The van der Waals surface area contributed by atoms with Crippen molar-refractivity contribution < 1.29 is 32.8 Å². The zero-order valence-electron chi connectivity index (χ0n) is 15.2. The molecule has 8 nitrogen and oxygen atoms in total. The lowest BCUT2D eigenvalue weighted by Crippen LogP contribution is -2.70. The highest BCUT2D eigenvalue weighted by molar-refractivity contribution is 7.86. The van der Waals surface area contributed by atoms with E-state index in [1.165, 1.54) is 14.0 Å². The lowest BCUT2D eigenvalue weighted by molar-refractivity contribution is -0.167. The van der Waals surface area contributed by atoms with Gasteiger partial charge in [0.05, 0.1) is 16.0 Å². The standard InChI is InChI=1S/C16H23NO7S/c1-8-10(7-23-9(2)18)11(15(20)24-16(3,4)5)17-13(19)12(22-6)14(17)25(8)21/h8,12,14H,7H2,1-6H3. The van der Waals surface area contributed by atoms with Gasteiger partial charge in [-0.2, -0.15) is 0 Å². The predicted molar refractivity (Wildman–Crippen MR) is 88.5 cm³/mol. The van der Waals surface area contributed by atoms with Crippen LogP contribution in [0.2, 0.25) is 0 Å². The number of methoxy groups -OCH3 is 1. The van der Waals surface area contributed by atoms with Crippen molar-refractivity contribution in [2.24, 2.45) is 0 Å². The molecule has 2 aliphatic heterocycles. The summed E-state index contributed by atoms with van der Waals surface area (Å²) in [6.07, 6.45) is -0.865. The van der Waals surface area contributed by atoms with Crippen molar-refractivity contribution in [3.8, 4) is 0 Å². The van der Waals surface area contributed by atoms with Crippen molar-refractivity contribution in [1.29, 1.82) is 0 Å². The minimum Gasteiger partial charge on any atom is -0.461 e. The summed E-state index contributed by atoms with van der Waals surface area (Å²) in [6, 6.07) is 0. The molecule has 4 atom stereocenters. The van der Waals surface area contributed by atoms with Crippen LogP contribution < -0.4 is 0 Å². The summed E-state index contributed by atoms with van der Waals surface area (Å²) in [6.45, 7) is 7.77. The van der Waals surface area contributed by atoms with E-state index in [0.717, 1.165) is 4.90 Å². The van der Waals surface area contributed by atoms with Crippen molar-refractivity contribution in [2.45, 2.75) is 56.9 Å². The maximum absolute atomic E-state index is 12.7. The fourth-order valence-electron chi connectivity index (χ4n) is 2.74. The van der Waals surface area contributed by atoms with Crippen LogP contribution in [0.1, 0.15) is 34.6 Å². The summed E-state index contributed by atoms with van der Waals surface area (Å²) in [5.74, 6) is -1.72. The molecular weight excluding hydrogens is 350 g/mol. The first-order valence-electron chi connectivity index (χ1n) is 7.84. The minimum absolute atomic E-state index is 0.00780. The molecule has 2 rings (SSSR count). The van der Waals surface area contributed by atoms with Crippen molar-refractivity contribution in [3.05, 3.63) is 11.3 Å². The van der Waals surface area contributed by atoms with Gasteiger partial charge in [0.25, 0.3) is 5.91 Å². The van der Waals surface area contributed by atoms with Gasteiger partial charge in [-0.15, -0.1) is 0 Å². The maximum atomic E-state index is 12.7. The van der Waals surface area contributed by atoms with Crippen LogP contribution >= 0.6 is 0 Å². The molecule has 4 unspecified atom stereocenters. The highest BCUT2D eigenvalue weighted by Crippen LogP contribution is 2.40. The van der Waals surface area contributed by atoms with E-state index >= 15 is 0 Å². The molecule has 1 saturated heterocycles. The van der Waals surface area contributed by atoms with E-state index in [4.69, 9.17) is 14.2 Å². The molecule has 0 saturated carbocycles. The zero-order valence-corrected chi connectivity index (χ0v) is 16.0. The van der Waals surface area contributed by atoms with Crippen LogP contribution in [0.3, 0.4) is 0 Å². The summed E-state index contributed by atoms with van der Waals surface area (Å²) in [4.78, 5) is 37.4. The van der Waals surface area contributed by atoms with E-state index in [-0.39, 0.29) is 12.3 Å². The molecule has 0 aromatic carbocycles. The lowest BCUT2D eigenvalue weighted by Gasteiger charge is -2.50. The Kier molecular flexibility index (Phi) is 5.38. The molecule has 2 heterocycles. The SMILES string of the molecule is COC1C(=O)N2C(C(=O)OC(C)(C)C)=C(COC(C)=O)C(C)S(=O)C12. The third-order valence-corrected chi connectivity index (χ3v) is 5.81. The normalized spacial score (nSPS) is 29.0. The average Bonchev–Trinajstić information content (AvgIpc) is 2.47. The van der Waals surface area contributed by atoms with Crippen molar-refractivity contribution >= 4 is 28.6 Å². The van der Waals surface area contributed by atoms with Crippen LogP contribution in [0.5, 0.6) is 0 Å². The number of rotatable bonds is 4. The van der Waals surface area contributed by atoms with Crippen LogP contribution in [0.4, 0.5) is 0 Å². The number of carbonyl (C=O) groups excluding carboxylic acids is 3. The second kappa shape index (κ2) is 6.87. The summed E-state index contributed by atoms with van der Waals surface area (Å²) >= 11 is 0. The fraction of sp³-hybridized carbons (Fsp3) is 0.688. The van der Waals surface area contributed by atoms with Gasteiger partial charge in [0, 0.05) is 19.6 Å². The molecular formula is C16H23NO7S. The molecule has 1 amide bonds. The van der Waals surface area contributed by atoms with Gasteiger partial charge in [-0.05, 0) is 27.7 Å². The first-order valence-corrected chi connectivity index (χ1v) is 9.12. The molecule has 1 fully saturated rings. The van der Waals surface area contributed by atoms with Gasteiger partial charge in [-0.1, -0.05) is 0 Å². The van der Waals surface area contributed by atoms with Gasteiger partial charge in [-0.25, -0.2) is 4.79 Å². The second-order valence-corrected chi connectivity index (χ2v) is 8.73. The van der Waals surface area contributed by atoms with Gasteiger partial charge in [-0.3, -0.25) is 18.7 Å². The summed E-state index contributed by atoms with van der Waals surface area (Å²) in [5.41, 5.74) is -0.478. The zero-order chi connectivity index (χ0) is 19.1. The fourth-order valence-corrected chi connectivity index (χ4v) is 4.50. The number of esters is 2. The van der Waals surface area contributed by atoms with Crippen molar-refractivity contribution in [2.75, 3.05) is 13.7 Å². The highest BCUT2D eigenvalue weighted by atomic mass is 32.2. The molecule has 0 radical (unpaired) electrons. The number of carbonyl (C=O) groups is 3. The predicted octanol–water partition coefficient (Wildman–Crippen LogP) is 0.479. The topological polar surface area (TPSA) is 99.2 Å². The number of ether oxygens (including phenoxy) is 3. The van der Waals surface area contributed by atoms with Crippen LogP contribution in [-0.4, -0.2) is 63.0 Å². The van der Waals surface area contributed by atoms with Crippen LogP contribution in [0, 0.1) is 0 Å². The Hall–Kier alpha value is -1.74. The van der Waals surface area contributed by atoms with Gasteiger partial charge in [0.2, 0.25) is 0 Å². The van der Waals surface area contributed by atoms with Crippen LogP contribution in [-0.2, 0) is 39.4 Å². The smallest absolute Gasteiger partial charge is 0.355 e. The number of amides is 1. The van der Waals surface area contributed by atoms with Crippen LogP contribution in [0.25, 0.3) is 0 Å². The van der Waals surface area contributed by atoms with E-state index in [1.54, 1.807) is 27.7 Å². The number of hydrogen-bond acceptors (Lipinski definition) is 7. The van der Waals surface area contributed by atoms with Crippen LogP contribution in [0.15, 0.2) is 11.3 Å². The van der Waals surface area contributed by atoms with E-state index in [1.807, 2.05) is 0 Å². The van der Waals surface area contributed by atoms with E-state index < -0.39 is 51.0 Å². The lowest BCUT2D eigenvalue weighted by atomic mass is 10.0. The van der Waals surface area contributed by atoms with Crippen molar-refractivity contribution in [3.63, 3.8) is 0 Å². The molecule has 0 bridgehead atoms. The Morgan fingerprint density at radius 1 is 1.28 bits per heavy atom. The van der Waals surface area contributed by atoms with E-state index in [2.05, 4.69) is 0 Å².